The maximum atomic E-state index is 15.1. The maximum absolute atomic E-state index is 15.1. The van der Waals surface area contributed by atoms with Gasteiger partial charge >= 0.3 is 6.11 Å². The first-order valence-corrected chi connectivity index (χ1v) is 11.6. The topological polar surface area (TPSA) is 9.23 Å². The molecule has 0 aliphatic heterocycles. The Morgan fingerprint density at radius 2 is 1.24 bits per heavy atom. The first kappa shape index (κ1) is 27.4. The first-order chi connectivity index (χ1) is 17.9. The van der Waals surface area contributed by atoms with E-state index in [4.69, 9.17) is 11.6 Å². The quantitative estimate of drug-likeness (QED) is 0.163. The fraction of sp³-hybridized carbons (Fsp3) is 0.143. The van der Waals surface area contributed by atoms with E-state index in [0.29, 0.717) is 23.3 Å². The summed E-state index contributed by atoms with van der Waals surface area (Å²) in [4.78, 5) is 0. The Labute approximate surface area is 217 Å². The molecule has 0 heterocycles. The fourth-order valence-corrected chi connectivity index (χ4v) is 4.27. The van der Waals surface area contributed by atoms with Crippen molar-refractivity contribution < 1.29 is 39.9 Å². The predicted octanol–water partition coefficient (Wildman–Crippen LogP) is 9.59. The Kier molecular flexibility index (Phi) is 7.69. The summed E-state index contributed by atoms with van der Waals surface area (Å²) in [7, 11) is 0. The summed E-state index contributed by atoms with van der Waals surface area (Å²) in [5, 5.41) is -0.232. The van der Waals surface area contributed by atoms with Crippen molar-refractivity contribution in [2.75, 3.05) is 0 Å². The lowest BCUT2D eigenvalue weighted by Gasteiger charge is -2.20. The molecule has 1 nitrogen and oxygen atoms in total. The summed E-state index contributed by atoms with van der Waals surface area (Å²) in [5.41, 5.74) is -0.723. The van der Waals surface area contributed by atoms with Crippen LogP contribution in [0.2, 0.25) is 5.02 Å². The number of halogens is 9. The lowest BCUT2D eigenvalue weighted by molar-refractivity contribution is -0.189. The molecule has 0 spiro atoms. The maximum Gasteiger partial charge on any atom is 0.432 e. The molecule has 0 aromatic heterocycles. The van der Waals surface area contributed by atoms with Crippen molar-refractivity contribution in [2.45, 2.75) is 25.9 Å². The van der Waals surface area contributed by atoms with Crippen LogP contribution in [-0.4, -0.2) is 0 Å². The van der Waals surface area contributed by atoms with Gasteiger partial charge in [-0.15, -0.1) is 0 Å². The number of hydrogen-bond acceptors (Lipinski definition) is 1. The Morgan fingerprint density at radius 1 is 0.684 bits per heavy atom. The van der Waals surface area contributed by atoms with Gasteiger partial charge in [0.25, 0.3) is 0 Å². The van der Waals surface area contributed by atoms with E-state index in [2.05, 4.69) is 4.74 Å². The number of ether oxygens (including phenoxy) is 1. The zero-order chi connectivity index (χ0) is 27.8. The molecule has 0 N–H and O–H groups in total. The average molecular weight is 557 g/mol. The average Bonchev–Trinajstić information content (AvgIpc) is 2.82. The molecule has 0 unspecified atom stereocenters. The van der Waals surface area contributed by atoms with Crippen molar-refractivity contribution >= 4 is 11.6 Å². The summed E-state index contributed by atoms with van der Waals surface area (Å²) in [5.74, 6) is -11.5. The number of aryl methyl sites for hydroxylation is 1. The van der Waals surface area contributed by atoms with E-state index in [1.54, 1.807) is 12.1 Å². The second-order valence-corrected chi connectivity index (χ2v) is 8.80. The molecule has 0 amide bonds. The van der Waals surface area contributed by atoms with Crippen molar-refractivity contribution in [3.63, 3.8) is 0 Å². The zero-order valence-corrected chi connectivity index (χ0v) is 20.3. The minimum Gasteiger partial charge on any atom is -0.429 e. The highest BCUT2D eigenvalue weighted by atomic mass is 35.5. The molecule has 0 radical (unpaired) electrons. The van der Waals surface area contributed by atoms with Gasteiger partial charge in [-0.1, -0.05) is 49.2 Å². The molecule has 38 heavy (non-hydrogen) atoms. The number of alkyl halides is 2. The summed E-state index contributed by atoms with van der Waals surface area (Å²) >= 11 is 6.22. The van der Waals surface area contributed by atoms with Gasteiger partial charge in [-0.05, 0) is 52.9 Å². The minimum absolute atomic E-state index is 0.0879. The van der Waals surface area contributed by atoms with Gasteiger partial charge in [0.15, 0.2) is 17.5 Å². The van der Waals surface area contributed by atoms with Crippen LogP contribution in [-0.2, 0) is 12.5 Å². The van der Waals surface area contributed by atoms with Crippen molar-refractivity contribution in [2.24, 2.45) is 0 Å². The van der Waals surface area contributed by atoms with E-state index in [9.17, 15) is 30.7 Å². The van der Waals surface area contributed by atoms with Gasteiger partial charge in [0.1, 0.15) is 28.8 Å². The highest BCUT2D eigenvalue weighted by Crippen LogP contribution is 2.40. The Balaban J connectivity index is 1.68. The van der Waals surface area contributed by atoms with Gasteiger partial charge in [-0.2, -0.15) is 8.78 Å². The van der Waals surface area contributed by atoms with Crippen LogP contribution < -0.4 is 4.74 Å². The van der Waals surface area contributed by atoms with Crippen molar-refractivity contribution in [1.82, 2.24) is 0 Å². The summed E-state index contributed by atoms with van der Waals surface area (Å²) in [6.07, 6.45) is -2.97. The molecular weight excluding hydrogens is 540 g/mol. The van der Waals surface area contributed by atoms with Crippen molar-refractivity contribution in [3.8, 4) is 28.0 Å². The molecule has 0 saturated carbocycles. The fourth-order valence-electron chi connectivity index (χ4n) is 3.95. The number of hydrogen-bond donors (Lipinski definition) is 0. The van der Waals surface area contributed by atoms with Crippen LogP contribution >= 0.6 is 11.6 Å². The van der Waals surface area contributed by atoms with E-state index in [0.717, 1.165) is 24.5 Å². The molecule has 0 atom stereocenters. The van der Waals surface area contributed by atoms with Crippen molar-refractivity contribution in [3.05, 3.63) is 112 Å². The van der Waals surface area contributed by atoms with Crippen LogP contribution in [0, 0.1) is 34.9 Å². The third-order valence-corrected chi connectivity index (χ3v) is 5.99. The molecule has 0 aliphatic carbocycles. The molecule has 0 aliphatic rings. The molecular formula is C28H17ClF8O. The smallest absolute Gasteiger partial charge is 0.429 e. The van der Waals surface area contributed by atoms with Crippen LogP contribution in [0.25, 0.3) is 22.3 Å². The monoisotopic (exact) mass is 556 g/mol. The third-order valence-electron chi connectivity index (χ3n) is 5.69. The van der Waals surface area contributed by atoms with Crippen LogP contribution in [0.3, 0.4) is 0 Å². The Hall–Kier alpha value is -3.59. The number of benzene rings is 4. The van der Waals surface area contributed by atoms with Gasteiger partial charge in [0.2, 0.25) is 0 Å². The predicted molar refractivity (Wildman–Crippen MR) is 127 cm³/mol. The highest BCUT2D eigenvalue weighted by Gasteiger charge is 2.41. The SMILES string of the molecule is CCCc1ccc(-c2cc(F)c(-c3cc(F)c(C(F)(F)Oc4cc(F)c(F)c(F)c4)c(F)c3)c(Cl)c2)cc1. The molecule has 0 fully saturated rings. The molecule has 4 rings (SSSR count). The molecule has 10 heteroatoms. The lowest BCUT2D eigenvalue weighted by Crippen LogP contribution is -2.25. The molecule has 0 bridgehead atoms. The zero-order valence-electron chi connectivity index (χ0n) is 19.5. The normalized spacial score (nSPS) is 11.6. The first-order valence-electron chi connectivity index (χ1n) is 11.2. The molecule has 0 saturated heterocycles. The summed E-state index contributed by atoms with van der Waals surface area (Å²) < 4.78 is 118. The Morgan fingerprint density at radius 3 is 1.76 bits per heavy atom. The summed E-state index contributed by atoms with van der Waals surface area (Å²) in [6, 6.07) is 10.8. The van der Waals surface area contributed by atoms with E-state index < -0.39 is 63.5 Å². The van der Waals surface area contributed by atoms with Crippen LogP contribution in [0.1, 0.15) is 24.5 Å². The van der Waals surface area contributed by atoms with Gasteiger partial charge in [0, 0.05) is 17.7 Å². The highest BCUT2D eigenvalue weighted by molar-refractivity contribution is 6.33. The Bertz CT molecular complexity index is 1430. The van der Waals surface area contributed by atoms with E-state index >= 15 is 4.39 Å². The van der Waals surface area contributed by atoms with E-state index in [1.807, 2.05) is 19.1 Å². The van der Waals surface area contributed by atoms with Crippen LogP contribution in [0.5, 0.6) is 5.75 Å². The largest absolute Gasteiger partial charge is 0.432 e. The molecule has 198 valence electrons. The van der Waals surface area contributed by atoms with Crippen LogP contribution in [0.4, 0.5) is 35.1 Å². The lowest BCUT2D eigenvalue weighted by atomic mass is 9.97. The molecule has 4 aromatic rings. The van der Waals surface area contributed by atoms with E-state index in [-0.39, 0.29) is 17.2 Å². The minimum atomic E-state index is -4.78. The number of rotatable bonds is 7. The standard InChI is InChI=1S/C28H17ClF8O/c1-2-3-14-4-6-15(7-5-14)16-8-19(29)25(20(30)9-16)17-10-21(31)26(22(32)11-17)28(36,37)38-18-12-23(33)27(35)24(34)13-18/h4-13H,2-3H2,1H3. The van der Waals surface area contributed by atoms with E-state index in [1.165, 1.54) is 6.07 Å². The van der Waals surface area contributed by atoms with Gasteiger partial charge in [-0.3, -0.25) is 0 Å². The second kappa shape index (κ2) is 10.6. The van der Waals surface area contributed by atoms with Crippen molar-refractivity contribution in [1.29, 1.82) is 0 Å². The van der Waals surface area contributed by atoms with Gasteiger partial charge in [-0.25, -0.2) is 26.3 Å². The molecule has 4 aromatic carbocycles. The van der Waals surface area contributed by atoms with Crippen LogP contribution in [0.15, 0.2) is 60.7 Å². The van der Waals surface area contributed by atoms with Gasteiger partial charge < -0.3 is 4.74 Å². The third kappa shape index (κ3) is 5.48. The van der Waals surface area contributed by atoms with Gasteiger partial charge in [0.05, 0.1) is 5.02 Å². The second-order valence-electron chi connectivity index (χ2n) is 8.40. The summed E-state index contributed by atoms with van der Waals surface area (Å²) in [6.45, 7) is 2.03.